The maximum absolute atomic E-state index is 13.1. The number of morpholine rings is 1. The maximum Gasteiger partial charge on any atom is 0.416 e. The topological polar surface area (TPSA) is 75.2 Å². The number of nitrogens with one attached hydrogen (secondary N) is 1. The first kappa shape index (κ1) is 17.2. The lowest BCUT2D eigenvalue weighted by molar-refractivity contribution is -0.137. The summed E-state index contributed by atoms with van der Waals surface area (Å²) in [7, 11) is 0. The van der Waals surface area contributed by atoms with Crippen molar-refractivity contribution in [3.05, 3.63) is 41.6 Å². The van der Waals surface area contributed by atoms with Gasteiger partial charge >= 0.3 is 6.18 Å². The van der Waals surface area contributed by atoms with Crippen molar-refractivity contribution < 1.29 is 17.9 Å². The molecule has 0 radical (unpaired) electrons. The van der Waals surface area contributed by atoms with Gasteiger partial charge in [-0.1, -0.05) is 0 Å². The number of alkyl halides is 3. The monoisotopic (exact) mass is 350 g/mol. The van der Waals surface area contributed by atoms with E-state index in [2.05, 4.69) is 4.98 Å². The van der Waals surface area contributed by atoms with Gasteiger partial charge in [-0.05, 0) is 29.8 Å². The minimum atomic E-state index is -4.51. The lowest BCUT2D eigenvalue weighted by Crippen LogP contribution is -2.36. The van der Waals surface area contributed by atoms with Gasteiger partial charge < -0.3 is 20.8 Å². The minimum absolute atomic E-state index is 0.0860. The Balaban J connectivity index is 2.00. The third-order valence-corrected chi connectivity index (χ3v) is 4.08. The summed E-state index contributed by atoms with van der Waals surface area (Å²) in [4.78, 5) is 6.40. The lowest BCUT2D eigenvalue weighted by Gasteiger charge is -2.27. The number of benzene rings is 1. The number of pyridine rings is 1. The zero-order chi connectivity index (χ0) is 18.0. The minimum Gasteiger partial charge on any atom is -0.398 e. The van der Waals surface area contributed by atoms with Crippen molar-refractivity contribution in [2.45, 2.75) is 6.18 Å². The zero-order valence-electron chi connectivity index (χ0n) is 13.3. The van der Waals surface area contributed by atoms with Crippen LogP contribution in [0.2, 0.25) is 0 Å². The van der Waals surface area contributed by atoms with Gasteiger partial charge in [-0.2, -0.15) is 13.2 Å². The Morgan fingerprint density at radius 1 is 1.20 bits per heavy atom. The van der Waals surface area contributed by atoms with Crippen LogP contribution in [0.4, 0.5) is 24.7 Å². The van der Waals surface area contributed by atoms with E-state index in [1.165, 1.54) is 6.20 Å². The molecule has 0 aliphatic carbocycles. The van der Waals surface area contributed by atoms with E-state index in [0.29, 0.717) is 31.9 Å². The summed E-state index contributed by atoms with van der Waals surface area (Å²) in [5.41, 5.74) is 5.75. The smallest absolute Gasteiger partial charge is 0.398 e. The fourth-order valence-corrected chi connectivity index (χ4v) is 2.76. The second-order valence-corrected chi connectivity index (χ2v) is 5.67. The average Bonchev–Trinajstić information content (AvgIpc) is 2.61. The molecule has 3 rings (SSSR count). The van der Waals surface area contributed by atoms with E-state index in [1.54, 1.807) is 12.1 Å². The first-order valence-electron chi connectivity index (χ1n) is 7.70. The van der Waals surface area contributed by atoms with Gasteiger partial charge in [0.05, 0.1) is 18.8 Å². The van der Waals surface area contributed by atoms with Crippen LogP contribution in [0.1, 0.15) is 11.1 Å². The van der Waals surface area contributed by atoms with E-state index in [4.69, 9.17) is 15.9 Å². The van der Waals surface area contributed by atoms with E-state index in [-0.39, 0.29) is 16.8 Å². The van der Waals surface area contributed by atoms with Gasteiger partial charge in [-0.25, -0.2) is 4.98 Å². The van der Waals surface area contributed by atoms with Crippen molar-refractivity contribution >= 4 is 17.7 Å². The second kappa shape index (κ2) is 6.72. The Labute approximate surface area is 142 Å². The van der Waals surface area contributed by atoms with Crippen molar-refractivity contribution in [3.63, 3.8) is 0 Å². The first-order valence-corrected chi connectivity index (χ1v) is 7.70. The Morgan fingerprint density at radius 2 is 1.92 bits per heavy atom. The summed E-state index contributed by atoms with van der Waals surface area (Å²) >= 11 is 0. The Morgan fingerprint density at radius 3 is 2.48 bits per heavy atom. The predicted octanol–water partition coefficient (Wildman–Crippen LogP) is 3.18. The number of nitrogens with zero attached hydrogens (tertiary/aromatic N) is 2. The molecule has 0 saturated carbocycles. The van der Waals surface area contributed by atoms with Gasteiger partial charge in [0.1, 0.15) is 5.82 Å². The predicted molar refractivity (Wildman–Crippen MR) is 90.0 cm³/mol. The standard InChI is InChI=1S/C17H17F3N4O/c18-17(19,20)12-7-13(14(9-21)15(22)8-12)11-1-2-16(23-10-11)24-3-5-25-6-4-24/h1-2,7-10,21H,3-6,22H2. The Bertz CT molecular complexity index is 769. The van der Waals surface area contributed by atoms with Crippen LogP contribution >= 0.6 is 0 Å². The molecule has 8 heteroatoms. The maximum atomic E-state index is 13.1. The van der Waals surface area contributed by atoms with Gasteiger partial charge in [-0.15, -0.1) is 0 Å². The van der Waals surface area contributed by atoms with E-state index in [9.17, 15) is 13.2 Å². The van der Waals surface area contributed by atoms with Crippen molar-refractivity contribution in [1.29, 1.82) is 5.41 Å². The highest BCUT2D eigenvalue weighted by Gasteiger charge is 2.32. The quantitative estimate of drug-likeness (QED) is 0.659. The van der Waals surface area contributed by atoms with E-state index < -0.39 is 11.7 Å². The average molecular weight is 350 g/mol. The molecule has 1 aromatic heterocycles. The zero-order valence-corrected chi connectivity index (χ0v) is 13.3. The molecule has 25 heavy (non-hydrogen) atoms. The number of nitrogens with two attached hydrogens (primary N) is 1. The fourth-order valence-electron chi connectivity index (χ4n) is 2.76. The molecule has 2 heterocycles. The van der Waals surface area contributed by atoms with Crippen LogP contribution in [0.25, 0.3) is 11.1 Å². The summed E-state index contributed by atoms with van der Waals surface area (Å²) in [6.45, 7) is 2.67. The van der Waals surface area contributed by atoms with Crippen LogP contribution in [-0.2, 0) is 10.9 Å². The molecule has 1 fully saturated rings. The lowest BCUT2D eigenvalue weighted by atomic mass is 9.97. The molecular formula is C17H17F3N4O. The van der Waals surface area contributed by atoms with Gasteiger partial charge in [0, 0.05) is 42.3 Å². The first-order chi connectivity index (χ1) is 11.9. The molecule has 0 spiro atoms. The molecule has 5 nitrogen and oxygen atoms in total. The van der Waals surface area contributed by atoms with Crippen LogP contribution < -0.4 is 10.6 Å². The molecule has 1 aliphatic heterocycles. The van der Waals surface area contributed by atoms with E-state index in [0.717, 1.165) is 24.2 Å². The van der Waals surface area contributed by atoms with Gasteiger partial charge in [0.25, 0.3) is 0 Å². The summed E-state index contributed by atoms with van der Waals surface area (Å²) < 4.78 is 44.5. The summed E-state index contributed by atoms with van der Waals surface area (Å²) in [6.07, 6.45) is -2.04. The molecule has 2 aromatic rings. The number of anilines is 2. The van der Waals surface area contributed by atoms with Crippen LogP contribution in [0.3, 0.4) is 0 Å². The third-order valence-electron chi connectivity index (χ3n) is 4.08. The molecule has 0 unspecified atom stereocenters. The molecule has 0 amide bonds. The molecule has 0 bridgehead atoms. The molecule has 0 atom stereocenters. The number of halogens is 3. The van der Waals surface area contributed by atoms with Gasteiger partial charge in [-0.3, -0.25) is 0 Å². The number of ether oxygens (including phenoxy) is 1. The number of rotatable bonds is 3. The Hall–Kier alpha value is -2.61. The largest absolute Gasteiger partial charge is 0.416 e. The third kappa shape index (κ3) is 3.58. The second-order valence-electron chi connectivity index (χ2n) is 5.67. The molecule has 1 saturated heterocycles. The number of aromatic nitrogens is 1. The van der Waals surface area contributed by atoms with E-state index in [1.807, 2.05) is 4.90 Å². The van der Waals surface area contributed by atoms with Gasteiger partial charge in [0.15, 0.2) is 0 Å². The highest BCUT2D eigenvalue weighted by molar-refractivity contribution is 5.95. The fraction of sp³-hybridized carbons (Fsp3) is 0.294. The number of nitrogen functional groups attached to an aromatic ring is 1. The normalized spacial score (nSPS) is 15.2. The summed E-state index contributed by atoms with van der Waals surface area (Å²) in [5.74, 6) is 0.739. The van der Waals surface area contributed by atoms with Crippen LogP contribution in [-0.4, -0.2) is 37.5 Å². The number of hydrogen-bond acceptors (Lipinski definition) is 5. The van der Waals surface area contributed by atoms with Crippen LogP contribution in [0, 0.1) is 5.41 Å². The summed E-state index contributed by atoms with van der Waals surface area (Å²) in [5, 5.41) is 7.47. The van der Waals surface area contributed by atoms with Crippen LogP contribution in [0.15, 0.2) is 30.5 Å². The van der Waals surface area contributed by atoms with Crippen molar-refractivity contribution in [1.82, 2.24) is 4.98 Å². The van der Waals surface area contributed by atoms with Gasteiger partial charge in [0.2, 0.25) is 0 Å². The molecule has 132 valence electrons. The SMILES string of the molecule is N=Cc1c(N)cc(C(F)(F)F)cc1-c1ccc(N2CCOCC2)nc1. The van der Waals surface area contributed by atoms with Crippen molar-refractivity contribution in [2.75, 3.05) is 36.9 Å². The van der Waals surface area contributed by atoms with Crippen molar-refractivity contribution in [3.8, 4) is 11.1 Å². The van der Waals surface area contributed by atoms with E-state index >= 15 is 0 Å². The number of hydrogen-bond donors (Lipinski definition) is 2. The molecular weight excluding hydrogens is 333 g/mol. The Kier molecular flexibility index (Phi) is 4.63. The molecule has 1 aliphatic rings. The van der Waals surface area contributed by atoms with Crippen LogP contribution in [0.5, 0.6) is 0 Å². The highest BCUT2D eigenvalue weighted by atomic mass is 19.4. The molecule has 3 N–H and O–H groups in total. The molecule has 1 aromatic carbocycles. The van der Waals surface area contributed by atoms with Crippen molar-refractivity contribution in [2.24, 2.45) is 0 Å². The summed E-state index contributed by atoms with van der Waals surface area (Å²) in [6, 6.07) is 5.30. The highest BCUT2D eigenvalue weighted by Crippen LogP contribution is 2.36.